The fourth-order valence-electron chi connectivity index (χ4n) is 2.02. The number of hydrogen-bond acceptors (Lipinski definition) is 4. The fourth-order valence-corrected chi connectivity index (χ4v) is 3.33. The number of thiophene rings is 1. The number of aromatic nitrogens is 3. The molecule has 0 aromatic carbocycles. The number of aryl methyl sites for hydroxylation is 1. The van der Waals surface area contributed by atoms with Crippen LogP contribution in [0.25, 0.3) is 21.6 Å². The van der Waals surface area contributed by atoms with Crippen LogP contribution in [-0.2, 0) is 6.42 Å². The van der Waals surface area contributed by atoms with Gasteiger partial charge in [0.15, 0.2) is 0 Å². The van der Waals surface area contributed by atoms with Gasteiger partial charge in [0.2, 0.25) is 0 Å². The van der Waals surface area contributed by atoms with Crippen LogP contribution in [0, 0.1) is 3.57 Å². The lowest BCUT2D eigenvalue weighted by atomic mass is 10.2. The molecular weight excluding hydrogens is 385 g/mol. The molecule has 0 amide bonds. The summed E-state index contributed by atoms with van der Waals surface area (Å²) in [4.78, 5) is 23.8. The highest BCUT2D eigenvalue weighted by Gasteiger charge is 2.10. The van der Waals surface area contributed by atoms with Gasteiger partial charge in [-0.15, -0.1) is 11.3 Å². The van der Waals surface area contributed by atoms with Gasteiger partial charge in [0.1, 0.15) is 5.82 Å². The van der Waals surface area contributed by atoms with E-state index in [9.17, 15) is 4.79 Å². The Bertz CT molecular complexity index is 825. The largest absolute Gasteiger partial charge is 0.306 e. The molecule has 0 aliphatic carbocycles. The molecule has 0 unspecified atom stereocenters. The molecule has 4 nitrogen and oxygen atoms in total. The van der Waals surface area contributed by atoms with E-state index in [0.717, 1.165) is 34.3 Å². The molecule has 0 aliphatic heterocycles. The molecular formula is C14H12IN3OS. The van der Waals surface area contributed by atoms with Crippen LogP contribution in [0.5, 0.6) is 0 Å². The van der Waals surface area contributed by atoms with Crippen molar-refractivity contribution < 1.29 is 0 Å². The standard InChI is InChI=1S/C14H12IN3OS/c1-2-3-10-12(15)14(19)18-13(17-10)8-6-11-9(16-7-8)4-5-20-11/h4-7H,2-3H2,1H3,(H,17,18,19). The SMILES string of the molecule is CCCc1nc(-c2cnc3ccsc3c2)[nH]c(=O)c1I. The monoisotopic (exact) mass is 397 g/mol. The van der Waals surface area contributed by atoms with E-state index in [-0.39, 0.29) is 5.56 Å². The summed E-state index contributed by atoms with van der Waals surface area (Å²) in [5.74, 6) is 0.599. The first kappa shape index (κ1) is 13.7. The molecule has 3 aromatic heterocycles. The van der Waals surface area contributed by atoms with E-state index in [1.807, 2.05) is 17.5 Å². The minimum atomic E-state index is -0.0784. The van der Waals surface area contributed by atoms with Gasteiger partial charge in [0.25, 0.3) is 5.56 Å². The summed E-state index contributed by atoms with van der Waals surface area (Å²) >= 11 is 3.69. The van der Waals surface area contributed by atoms with Crippen LogP contribution < -0.4 is 5.56 Å². The third-order valence-electron chi connectivity index (χ3n) is 2.99. The van der Waals surface area contributed by atoms with Crippen LogP contribution in [-0.4, -0.2) is 15.0 Å². The summed E-state index contributed by atoms with van der Waals surface area (Å²) in [6.07, 6.45) is 3.54. The number of nitrogens with one attached hydrogen (secondary N) is 1. The van der Waals surface area contributed by atoms with Crippen LogP contribution in [0.4, 0.5) is 0 Å². The van der Waals surface area contributed by atoms with Crippen molar-refractivity contribution in [1.29, 1.82) is 0 Å². The van der Waals surface area contributed by atoms with Gasteiger partial charge in [0.05, 0.1) is 19.5 Å². The van der Waals surface area contributed by atoms with E-state index in [1.54, 1.807) is 17.5 Å². The second kappa shape index (κ2) is 5.61. The fraction of sp³-hybridized carbons (Fsp3) is 0.214. The Hall–Kier alpha value is -1.28. The highest BCUT2D eigenvalue weighted by atomic mass is 127. The highest BCUT2D eigenvalue weighted by Crippen LogP contribution is 2.24. The van der Waals surface area contributed by atoms with Crippen LogP contribution >= 0.6 is 33.9 Å². The Kier molecular flexibility index (Phi) is 3.84. The second-order valence-corrected chi connectivity index (χ2v) is 6.48. The summed E-state index contributed by atoms with van der Waals surface area (Å²) in [7, 11) is 0. The zero-order valence-electron chi connectivity index (χ0n) is 10.8. The number of rotatable bonds is 3. The Balaban J connectivity index is 2.15. The summed E-state index contributed by atoms with van der Waals surface area (Å²) in [5.41, 5.74) is 2.61. The second-order valence-electron chi connectivity index (χ2n) is 4.45. The summed E-state index contributed by atoms with van der Waals surface area (Å²) < 4.78 is 1.78. The lowest BCUT2D eigenvalue weighted by Gasteiger charge is -2.06. The molecule has 102 valence electrons. The third-order valence-corrected chi connectivity index (χ3v) is 4.96. The molecule has 0 atom stereocenters. The van der Waals surface area contributed by atoms with Crippen LogP contribution in [0.3, 0.4) is 0 Å². The quantitative estimate of drug-likeness (QED) is 0.688. The normalized spacial score (nSPS) is 11.1. The average Bonchev–Trinajstić information content (AvgIpc) is 2.91. The first-order valence-electron chi connectivity index (χ1n) is 6.31. The summed E-state index contributed by atoms with van der Waals surface area (Å²) in [6, 6.07) is 4.00. The number of fused-ring (bicyclic) bond motifs is 1. The molecule has 0 radical (unpaired) electrons. The first-order chi connectivity index (χ1) is 9.69. The number of halogens is 1. The summed E-state index contributed by atoms with van der Waals surface area (Å²) in [6.45, 7) is 2.08. The van der Waals surface area contributed by atoms with E-state index >= 15 is 0 Å². The molecule has 0 aliphatic rings. The Labute approximate surface area is 133 Å². The van der Waals surface area contributed by atoms with E-state index < -0.39 is 0 Å². The first-order valence-corrected chi connectivity index (χ1v) is 8.27. The number of pyridine rings is 1. The van der Waals surface area contributed by atoms with Gasteiger partial charge >= 0.3 is 0 Å². The zero-order valence-corrected chi connectivity index (χ0v) is 13.8. The molecule has 3 rings (SSSR count). The van der Waals surface area contributed by atoms with Crippen molar-refractivity contribution in [2.45, 2.75) is 19.8 Å². The van der Waals surface area contributed by atoms with E-state index in [1.165, 1.54) is 0 Å². The van der Waals surface area contributed by atoms with Gasteiger partial charge in [0, 0.05) is 11.8 Å². The lowest BCUT2D eigenvalue weighted by Crippen LogP contribution is -2.16. The third kappa shape index (κ3) is 2.49. The molecule has 0 fully saturated rings. The molecule has 0 spiro atoms. The van der Waals surface area contributed by atoms with Gasteiger partial charge in [-0.1, -0.05) is 13.3 Å². The maximum Gasteiger partial charge on any atom is 0.264 e. The van der Waals surface area contributed by atoms with Crippen LogP contribution in [0.2, 0.25) is 0 Å². The molecule has 0 saturated carbocycles. The maximum absolute atomic E-state index is 12.0. The summed E-state index contributed by atoms with van der Waals surface area (Å²) in [5, 5.41) is 2.01. The van der Waals surface area contributed by atoms with Gasteiger partial charge in [-0.2, -0.15) is 0 Å². The zero-order chi connectivity index (χ0) is 14.1. The molecule has 1 N–H and O–H groups in total. The van der Waals surface area contributed by atoms with Gasteiger partial charge < -0.3 is 4.98 Å². The molecule has 3 heterocycles. The van der Waals surface area contributed by atoms with Crippen molar-refractivity contribution in [1.82, 2.24) is 15.0 Å². The maximum atomic E-state index is 12.0. The van der Waals surface area contributed by atoms with Crippen molar-refractivity contribution in [3.63, 3.8) is 0 Å². The minimum absolute atomic E-state index is 0.0784. The van der Waals surface area contributed by atoms with Crippen LogP contribution in [0.1, 0.15) is 19.0 Å². The van der Waals surface area contributed by atoms with Gasteiger partial charge in [-0.3, -0.25) is 9.78 Å². The van der Waals surface area contributed by atoms with E-state index in [2.05, 4.69) is 44.5 Å². The molecule has 20 heavy (non-hydrogen) atoms. The van der Waals surface area contributed by atoms with Crippen molar-refractivity contribution in [3.8, 4) is 11.4 Å². The van der Waals surface area contributed by atoms with Crippen molar-refractivity contribution in [2.75, 3.05) is 0 Å². The Morgan fingerprint density at radius 1 is 1.45 bits per heavy atom. The number of nitrogens with zero attached hydrogens (tertiary/aromatic N) is 2. The van der Waals surface area contributed by atoms with E-state index in [0.29, 0.717) is 9.39 Å². The predicted molar refractivity (Wildman–Crippen MR) is 90.2 cm³/mol. The molecule has 0 saturated heterocycles. The average molecular weight is 397 g/mol. The molecule has 6 heteroatoms. The number of hydrogen-bond donors (Lipinski definition) is 1. The lowest BCUT2D eigenvalue weighted by molar-refractivity contribution is 0.860. The van der Waals surface area contributed by atoms with Gasteiger partial charge in [-0.25, -0.2) is 4.98 Å². The van der Waals surface area contributed by atoms with Crippen molar-refractivity contribution in [3.05, 3.63) is 43.3 Å². The van der Waals surface area contributed by atoms with Gasteiger partial charge in [-0.05, 0) is 46.5 Å². The number of aromatic amines is 1. The number of H-pyrrole nitrogens is 1. The highest BCUT2D eigenvalue weighted by molar-refractivity contribution is 14.1. The molecule has 3 aromatic rings. The Morgan fingerprint density at radius 2 is 2.30 bits per heavy atom. The van der Waals surface area contributed by atoms with Crippen LogP contribution in [0.15, 0.2) is 28.5 Å². The smallest absolute Gasteiger partial charge is 0.264 e. The predicted octanol–water partition coefficient (Wildman–Crippen LogP) is 3.60. The minimum Gasteiger partial charge on any atom is -0.306 e. The topological polar surface area (TPSA) is 58.6 Å². The van der Waals surface area contributed by atoms with Crippen molar-refractivity contribution >= 4 is 44.1 Å². The van der Waals surface area contributed by atoms with Crippen molar-refractivity contribution in [2.24, 2.45) is 0 Å². The Morgan fingerprint density at radius 3 is 3.10 bits per heavy atom. The van der Waals surface area contributed by atoms with E-state index in [4.69, 9.17) is 0 Å². The molecule has 0 bridgehead atoms.